The van der Waals surface area contributed by atoms with Crippen molar-refractivity contribution in [1.82, 2.24) is 4.90 Å². The van der Waals surface area contributed by atoms with E-state index < -0.39 is 34.6 Å². The highest BCUT2D eigenvalue weighted by Crippen LogP contribution is 2.61. The van der Waals surface area contributed by atoms with Crippen molar-refractivity contribution in [3.8, 4) is 0 Å². The van der Waals surface area contributed by atoms with E-state index in [9.17, 15) is 19.5 Å². The molecule has 4 aliphatic rings. The van der Waals surface area contributed by atoms with Gasteiger partial charge in [0.2, 0.25) is 5.91 Å². The molecule has 2 amide bonds. The summed E-state index contributed by atoms with van der Waals surface area (Å²) in [4.78, 5) is 44.4. The SMILES string of the molecule is C[C@H](CO)N1C(=O)[C@@H]2[C@@H]3C(=O)OCCC/C=C\[C@@H]3S[C@@]23C=CCN(c2ccc(Cl)cc2)C(=O)C13. The second-order valence-electron chi connectivity index (χ2n) is 9.18. The van der Waals surface area contributed by atoms with Gasteiger partial charge in [-0.3, -0.25) is 14.4 Å². The minimum absolute atomic E-state index is 0.236. The number of carbonyl (C=O) groups excluding carboxylic acids is 3. The Hall–Kier alpha value is -2.29. The van der Waals surface area contributed by atoms with Crippen molar-refractivity contribution in [2.75, 3.05) is 24.7 Å². The first kappa shape index (κ1) is 23.5. The molecule has 34 heavy (non-hydrogen) atoms. The Labute approximate surface area is 207 Å². The van der Waals surface area contributed by atoms with Crippen molar-refractivity contribution in [1.29, 1.82) is 0 Å². The van der Waals surface area contributed by atoms with Crippen LogP contribution < -0.4 is 4.90 Å². The summed E-state index contributed by atoms with van der Waals surface area (Å²) in [5.74, 6) is -2.35. The molecule has 2 fully saturated rings. The van der Waals surface area contributed by atoms with E-state index in [2.05, 4.69) is 0 Å². The summed E-state index contributed by atoms with van der Waals surface area (Å²) >= 11 is 7.55. The van der Waals surface area contributed by atoms with Crippen LogP contribution in [0.25, 0.3) is 0 Å². The van der Waals surface area contributed by atoms with Crippen molar-refractivity contribution >= 4 is 46.8 Å². The van der Waals surface area contributed by atoms with Crippen LogP contribution >= 0.6 is 23.4 Å². The van der Waals surface area contributed by atoms with Gasteiger partial charge in [-0.15, -0.1) is 11.8 Å². The lowest BCUT2D eigenvalue weighted by Crippen LogP contribution is -2.56. The molecule has 6 atom stereocenters. The molecule has 0 aliphatic carbocycles. The van der Waals surface area contributed by atoms with E-state index in [-0.39, 0.29) is 23.7 Å². The van der Waals surface area contributed by atoms with Gasteiger partial charge < -0.3 is 19.6 Å². The van der Waals surface area contributed by atoms with Gasteiger partial charge >= 0.3 is 5.97 Å². The number of likely N-dealkylation sites (tertiary alicyclic amines) is 1. The summed E-state index contributed by atoms with van der Waals surface area (Å²) < 4.78 is 4.61. The topological polar surface area (TPSA) is 87.2 Å². The number of fused-ring (bicyclic) bond motifs is 2. The molecule has 0 saturated carbocycles. The average molecular weight is 503 g/mol. The molecular weight excluding hydrogens is 476 g/mol. The molecule has 0 radical (unpaired) electrons. The van der Waals surface area contributed by atoms with Crippen LogP contribution in [0.1, 0.15) is 19.8 Å². The normalized spacial score (nSPS) is 34.9. The van der Waals surface area contributed by atoms with E-state index in [0.717, 1.165) is 12.8 Å². The largest absolute Gasteiger partial charge is 0.465 e. The molecule has 7 nitrogen and oxygen atoms in total. The zero-order chi connectivity index (χ0) is 24.0. The first-order chi connectivity index (χ1) is 16.4. The standard InChI is InChI=1S/C25H27ClN2O5S/c1-15(14-29)28-21-23(31)27(17-9-7-16(26)8-10-17)12-5-11-25(21)20(22(28)30)19-18(34-25)6-3-2-4-13-33-24(19)32/h3,5-11,15,18-21,29H,2,4,12-14H2,1H3/b6-3-/t15-,18+,19-,20+,21?,25+/m1/s1. The number of amides is 2. The molecule has 4 aliphatic heterocycles. The highest BCUT2D eigenvalue weighted by Gasteiger charge is 2.71. The summed E-state index contributed by atoms with van der Waals surface area (Å²) in [7, 11) is 0. The Balaban J connectivity index is 1.63. The lowest BCUT2D eigenvalue weighted by Gasteiger charge is -2.37. The molecule has 0 aromatic heterocycles. The van der Waals surface area contributed by atoms with Crippen LogP contribution in [0, 0.1) is 11.8 Å². The lowest BCUT2D eigenvalue weighted by atomic mass is 9.78. The van der Waals surface area contributed by atoms with Crippen LogP contribution in [0.2, 0.25) is 5.02 Å². The molecule has 1 N–H and O–H groups in total. The van der Waals surface area contributed by atoms with Gasteiger partial charge in [0.15, 0.2) is 0 Å². The third-order valence-electron chi connectivity index (χ3n) is 7.17. The van der Waals surface area contributed by atoms with Gasteiger partial charge in [0.1, 0.15) is 6.04 Å². The highest BCUT2D eigenvalue weighted by atomic mass is 35.5. The molecule has 1 aromatic carbocycles. The predicted molar refractivity (Wildman–Crippen MR) is 131 cm³/mol. The van der Waals surface area contributed by atoms with Crippen LogP contribution in [0.5, 0.6) is 0 Å². The zero-order valence-electron chi connectivity index (χ0n) is 18.8. The molecule has 2 saturated heterocycles. The maximum Gasteiger partial charge on any atom is 0.311 e. The number of benzene rings is 1. The molecule has 1 unspecified atom stereocenters. The second kappa shape index (κ2) is 9.06. The summed E-state index contributed by atoms with van der Waals surface area (Å²) in [6.45, 7) is 2.08. The van der Waals surface area contributed by atoms with Crippen LogP contribution in [-0.2, 0) is 19.1 Å². The number of thioether (sulfide) groups is 1. The van der Waals surface area contributed by atoms with Crippen molar-refractivity contribution in [2.24, 2.45) is 11.8 Å². The number of halogens is 1. The van der Waals surface area contributed by atoms with Gasteiger partial charge in [0.25, 0.3) is 5.91 Å². The van der Waals surface area contributed by atoms with Gasteiger partial charge in [0, 0.05) is 22.5 Å². The van der Waals surface area contributed by atoms with Crippen molar-refractivity contribution in [3.05, 3.63) is 53.6 Å². The molecule has 1 spiro atoms. The van der Waals surface area contributed by atoms with Gasteiger partial charge in [-0.1, -0.05) is 35.9 Å². The second-order valence-corrected chi connectivity index (χ2v) is 11.1. The van der Waals surface area contributed by atoms with E-state index in [1.54, 1.807) is 36.1 Å². The molecule has 9 heteroatoms. The third kappa shape index (κ3) is 3.58. The number of aliphatic hydroxyl groups excluding tert-OH is 1. The smallest absolute Gasteiger partial charge is 0.311 e. The monoisotopic (exact) mass is 502 g/mol. The number of anilines is 1. The average Bonchev–Trinajstić information content (AvgIpc) is 3.24. The number of esters is 1. The van der Waals surface area contributed by atoms with Gasteiger partial charge in [-0.25, -0.2) is 0 Å². The Kier molecular flexibility index (Phi) is 6.25. The molecular formula is C25H27ClN2O5S. The number of cyclic esters (lactones) is 1. The fraction of sp³-hybridized carbons (Fsp3) is 0.480. The summed E-state index contributed by atoms with van der Waals surface area (Å²) in [6.07, 6.45) is 9.43. The van der Waals surface area contributed by atoms with Crippen LogP contribution in [0.15, 0.2) is 48.6 Å². The quantitative estimate of drug-likeness (QED) is 0.505. The van der Waals surface area contributed by atoms with Crippen molar-refractivity contribution < 1.29 is 24.2 Å². The molecule has 5 rings (SSSR count). The Bertz CT molecular complexity index is 1060. The first-order valence-corrected chi connectivity index (χ1v) is 12.8. The number of carbonyl (C=O) groups is 3. The molecule has 0 bridgehead atoms. The van der Waals surface area contributed by atoms with Gasteiger partial charge in [-0.2, -0.15) is 0 Å². The summed E-state index contributed by atoms with van der Waals surface area (Å²) in [5, 5.41) is 10.3. The highest BCUT2D eigenvalue weighted by molar-refractivity contribution is 8.02. The first-order valence-electron chi connectivity index (χ1n) is 11.6. The van der Waals surface area contributed by atoms with E-state index in [0.29, 0.717) is 23.9 Å². The summed E-state index contributed by atoms with van der Waals surface area (Å²) in [6, 6.07) is 5.56. The van der Waals surface area contributed by atoms with Gasteiger partial charge in [-0.05, 0) is 44.0 Å². The number of rotatable bonds is 3. The van der Waals surface area contributed by atoms with E-state index in [1.165, 1.54) is 16.7 Å². The van der Waals surface area contributed by atoms with Crippen molar-refractivity contribution in [2.45, 2.75) is 41.8 Å². The summed E-state index contributed by atoms with van der Waals surface area (Å²) in [5.41, 5.74) is 0.674. The van der Waals surface area contributed by atoms with E-state index >= 15 is 0 Å². The maximum atomic E-state index is 14.1. The Morgan fingerprint density at radius 2 is 1.97 bits per heavy atom. The molecule has 4 heterocycles. The third-order valence-corrected chi connectivity index (χ3v) is 9.16. The number of nitrogens with zero attached hydrogens (tertiary/aromatic N) is 2. The number of allylic oxidation sites excluding steroid dienone is 1. The van der Waals surface area contributed by atoms with Crippen LogP contribution in [-0.4, -0.2) is 69.6 Å². The number of aliphatic hydroxyl groups is 1. The van der Waals surface area contributed by atoms with E-state index in [1.807, 2.05) is 24.3 Å². The molecule has 180 valence electrons. The fourth-order valence-corrected chi connectivity index (χ4v) is 7.72. The minimum atomic E-state index is -0.934. The molecule has 1 aromatic rings. The maximum absolute atomic E-state index is 14.1. The number of hydrogen-bond acceptors (Lipinski definition) is 6. The van der Waals surface area contributed by atoms with Gasteiger partial charge in [0.05, 0.1) is 35.8 Å². The zero-order valence-corrected chi connectivity index (χ0v) is 20.4. The van der Waals surface area contributed by atoms with Crippen molar-refractivity contribution in [3.63, 3.8) is 0 Å². The minimum Gasteiger partial charge on any atom is -0.465 e. The predicted octanol–water partition coefficient (Wildman–Crippen LogP) is 2.81. The lowest BCUT2D eigenvalue weighted by molar-refractivity contribution is -0.153. The van der Waals surface area contributed by atoms with E-state index in [4.69, 9.17) is 16.3 Å². The number of ether oxygens (including phenoxy) is 1. The van der Waals surface area contributed by atoms with Crippen LogP contribution in [0.4, 0.5) is 5.69 Å². The Morgan fingerprint density at radius 1 is 1.21 bits per heavy atom. The van der Waals surface area contributed by atoms with Crippen LogP contribution in [0.3, 0.4) is 0 Å². The number of hydrogen-bond donors (Lipinski definition) is 1. The fourth-order valence-electron chi connectivity index (χ4n) is 5.61. The Morgan fingerprint density at radius 3 is 2.71 bits per heavy atom.